The molecule has 1 heterocycles. The van der Waals surface area contributed by atoms with Crippen LogP contribution in [-0.2, 0) is 4.74 Å². The third-order valence-electron chi connectivity index (χ3n) is 4.13. The maximum absolute atomic E-state index is 6.15. The zero-order valence-electron chi connectivity index (χ0n) is 13.5. The molecule has 2 rings (SSSR count). The molecule has 20 heavy (non-hydrogen) atoms. The summed E-state index contributed by atoms with van der Waals surface area (Å²) in [5.41, 5.74) is 0.969. The molecule has 0 saturated carbocycles. The Morgan fingerprint density at radius 1 is 1.25 bits per heavy atom. The molecule has 3 nitrogen and oxygen atoms in total. The normalized spacial score (nSPS) is 25.4. The molecular weight excluding hydrogens is 250 g/mol. The second-order valence-corrected chi connectivity index (χ2v) is 6.85. The zero-order chi connectivity index (χ0) is 15.0. The van der Waals surface area contributed by atoms with Crippen LogP contribution < -0.4 is 10.1 Å². The molecule has 1 aliphatic heterocycles. The number of methoxy groups -OCH3 is 1. The van der Waals surface area contributed by atoms with E-state index in [0.717, 1.165) is 12.2 Å². The van der Waals surface area contributed by atoms with Crippen LogP contribution in [0.15, 0.2) is 24.3 Å². The Morgan fingerprint density at radius 2 is 1.90 bits per heavy atom. The maximum atomic E-state index is 6.15. The molecule has 2 atom stereocenters. The fraction of sp³-hybridized carbons (Fsp3) is 0.647. The fourth-order valence-corrected chi connectivity index (χ4v) is 3.24. The highest BCUT2D eigenvalue weighted by Gasteiger charge is 2.46. The predicted octanol–water partition coefficient (Wildman–Crippen LogP) is 3.69. The van der Waals surface area contributed by atoms with E-state index in [1.54, 1.807) is 7.11 Å². The first-order valence-corrected chi connectivity index (χ1v) is 7.34. The van der Waals surface area contributed by atoms with Crippen LogP contribution in [0.2, 0.25) is 0 Å². The second kappa shape index (κ2) is 5.38. The SMILES string of the molecule is COc1ccccc1[C@H](C)NC1CC(C)(C)OC1(C)C. The zero-order valence-corrected chi connectivity index (χ0v) is 13.5. The summed E-state index contributed by atoms with van der Waals surface area (Å²) in [4.78, 5) is 0. The summed E-state index contributed by atoms with van der Waals surface area (Å²) >= 11 is 0. The number of nitrogens with one attached hydrogen (secondary N) is 1. The molecule has 0 spiro atoms. The van der Waals surface area contributed by atoms with E-state index in [1.807, 2.05) is 12.1 Å². The van der Waals surface area contributed by atoms with Gasteiger partial charge in [0.05, 0.1) is 18.3 Å². The van der Waals surface area contributed by atoms with Crippen molar-refractivity contribution in [3.63, 3.8) is 0 Å². The van der Waals surface area contributed by atoms with Crippen LogP contribution in [0.4, 0.5) is 0 Å². The summed E-state index contributed by atoms with van der Waals surface area (Å²) < 4.78 is 11.6. The van der Waals surface area contributed by atoms with Gasteiger partial charge in [-0.3, -0.25) is 0 Å². The smallest absolute Gasteiger partial charge is 0.123 e. The monoisotopic (exact) mass is 277 g/mol. The first kappa shape index (κ1) is 15.3. The molecular formula is C17H27NO2. The minimum Gasteiger partial charge on any atom is -0.496 e. The molecule has 0 aromatic heterocycles. The van der Waals surface area contributed by atoms with Gasteiger partial charge in [0, 0.05) is 17.6 Å². The highest BCUT2D eigenvalue weighted by Crippen LogP contribution is 2.38. The summed E-state index contributed by atoms with van der Waals surface area (Å²) in [5, 5.41) is 3.71. The molecule has 1 aliphatic rings. The Hall–Kier alpha value is -1.06. The first-order valence-electron chi connectivity index (χ1n) is 7.34. The Bertz CT molecular complexity index is 468. The Kier molecular flexibility index (Phi) is 4.12. The van der Waals surface area contributed by atoms with Crippen molar-refractivity contribution in [2.75, 3.05) is 7.11 Å². The van der Waals surface area contributed by atoms with Crippen molar-refractivity contribution >= 4 is 0 Å². The van der Waals surface area contributed by atoms with Gasteiger partial charge in [-0.05, 0) is 47.1 Å². The van der Waals surface area contributed by atoms with Crippen molar-refractivity contribution in [3.05, 3.63) is 29.8 Å². The summed E-state index contributed by atoms with van der Waals surface area (Å²) in [5.74, 6) is 0.934. The average Bonchev–Trinajstić information content (AvgIpc) is 2.56. The minimum absolute atomic E-state index is 0.0678. The number of hydrogen-bond donors (Lipinski definition) is 1. The van der Waals surface area contributed by atoms with Crippen molar-refractivity contribution in [1.29, 1.82) is 0 Å². The van der Waals surface area contributed by atoms with E-state index in [0.29, 0.717) is 6.04 Å². The third kappa shape index (κ3) is 3.15. The lowest BCUT2D eigenvalue weighted by Crippen LogP contribution is -2.44. The molecule has 0 amide bonds. The van der Waals surface area contributed by atoms with Gasteiger partial charge in [-0.1, -0.05) is 18.2 Å². The fourth-order valence-electron chi connectivity index (χ4n) is 3.24. The second-order valence-electron chi connectivity index (χ2n) is 6.85. The lowest BCUT2D eigenvalue weighted by molar-refractivity contribution is -0.0704. The molecule has 1 N–H and O–H groups in total. The largest absolute Gasteiger partial charge is 0.496 e. The summed E-state index contributed by atoms with van der Waals surface area (Å²) in [6.07, 6.45) is 1.01. The first-order chi connectivity index (χ1) is 9.25. The third-order valence-corrected chi connectivity index (χ3v) is 4.13. The Labute approximate surface area is 122 Å². The topological polar surface area (TPSA) is 30.5 Å². The van der Waals surface area contributed by atoms with Crippen LogP contribution in [-0.4, -0.2) is 24.4 Å². The van der Waals surface area contributed by atoms with Gasteiger partial charge in [0.2, 0.25) is 0 Å². The van der Waals surface area contributed by atoms with E-state index in [-0.39, 0.29) is 17.2 Å². The molecule has 3 heteroatoms. The van der Waals surface area contributed by atoms with Gasteiger partial charge >= 0.3 is 0 Å². The number of ether oxygens (including phenoxy) is 2. The van der Waals surface area contributed by atoms with E-state index in [9.17, 15) is 0 Å². The summed E-state index contributed by atoms with van der Waals surface area (Å²) in [7, 11) is 1.72. The maximum Gasteiger partial charge on any atom is 0.123 e. The molecule has 1 fully saturated rings. The van der Waals surface area contributed by atoms with E-state index in [2.05, 4.69) is 52.1 Å². The molecule has 0 aliphatic carbocycles. The molecule has 1 saturated heterocycles. The number of para-hydroxylation sites is 1. The van der Waals surface area contributed by atoms with Crippen LogP contribution in [0.3, 0.4) is 0 Å². The molecule has 1 unspecified atom stereocenters. The minimum atomic E-state index is -0.153. The number of benzene rings is 1. The number of hydrogen-bond acceptors (Lipinski definition) is 3. The van der Waals surface area contributed by atoms with Crippen LogP contribution in [0.5, 0.6) is 5.75 Å². The predicted molar refractivity (Wildman–Crippen MR) is 82.2 cm³/mol. The lowest BCUT2D eigenvalue weighted by Gasteiger charge is -2.30. The summed E-state index contributed by atoms with van der Waals surface area (Å²) in [6, 6.07) is 8.74. The van der Waals surface area contributed by atoms with E-state index >= 15 is 0 Å². The summed E-state index contributed by atoms with van der Waals surface area (Å²) in [6.45, 7) is 10.8. The highest BCUT2D eigenvalue weighted by atomic mass is 16.5. The van der Waals surface area contributed by atoms with Crippen LogP contribution in [0.1, 0.15) is 52.6 Å². The molecule has 112 valence electrons. The number of rotatable bonds is 4. The molecule has 1 aromatic rings. The van der Waals surface area contributed by atoms with Crippen LogP contribution >= 0.6 is 0 Å². The van der Waals surface area contributed by atoms with Crippen molar-refractivity contribution in [3.8, 4) is 5.75 Å². The quantitative estimate of drug-likeness (QED) is 0.910. The van der Waals surface area contributed by atoms with E-state index < -0.39 is 0 Å². The van der Waals surface area contributed by atoms with Gasteiger partial charge in [0.15, 0.2) is 0 Å². The molecule has 1 aromatic carbocycles. The van der Waals surface area contributed by atoms with Crippen molar-refractivity contribution in [2.24, 2.45) is 0 Å². The van der Waals surface area contributed by atoms with Gasteiger partial charge in [-0.25, -0.2) is 0 Å². The standard InChI is InChI=1S/C17H27NO2/c1-12(13-9-7-8-10-14(13)19-6)18-15-11-16(2,3)20-17(15,4)5/h7-10,12,15,18H,11H2,1-6H3/t12-,15?/m0/s1. The van der Waals surface area contributed by atoms with E-state index in [4.69, 9.17) is 9.47 Å². The van der Waals surface area contributed by atoms with Gasteiger partial charge in [0.1, 0.15) is 5.75 Å². The van der Waals surface area contributed by atoms with Crippen molar-refractivity contribution in [2.45, 2.75) is 64.3 Å². The van der Waals surface area contributed by atoms with Gasteiger partial charge in [-0.2, -0.15) is 0 Å². The van der Waals surface area contributed by atoms with Crippen LogP contribution in [0.25, 0.3) is 0 Å². The molecule has 0 radical (unpaired) electrons. The van der Waals surface area contributed by atoms with Gasteiger partial charge in [0.25, 0.3) is 0 Å². The molecule has 0 bridgehead atoms. The Morgan fingerprint density at radius 3 is 2.45 bits per heavy atom. The lowest BCUT2D eigenvalue weighted by atomic mass is 9.93. The van der Waals surface area contributed by atoms with Crippen LogP contribution in [0, 0.1) is 0 Å². The highest BCUT2D eigenvalue weighted by molar-refractivity contribution is 5.35. The van der Waals surface area contributed by atoms with Crippen molar-refractivity contribution in [1.82, 2.24) is 5.32 Å². The average molecular weight is 277 g/mol. The van der Waals surface area contributed by atoms with E-state index in [1.165, 1.54) is 5.56 Å². The Balaban J connectivity index is 2.14. The van der Waals surface area contributed by atoms with Crippen molar-refractivity contribution < 1.29 is 9.47 Å². The van der Waals surface area contributed by atoms with Gasteiger partial charge in [-0.15, -0.1) is 0 Å². The van der Waals surface area contributed by atoms with Gasteiger partial charge < -0.3 is 14.8 Å².